The van der Waals surface area contributed by atoms with Crippen molar-refractivity contribution in [3.63, 3.8) is 0 Å². The Morgan fingerprint density at radius 2 is 2.14 bits per heavy atom. The van der Waals surface area contributed by atoms with E-state index in [2.05, 4.69) is 26.1 Å². The Hall–Kier alpha value is -1.34. The molecule has 1 heterocycles. The molecule has 0 saturated heterocycles. The van der Waals surface area contributed by atoms with Gasteiger partial charge in [0.05, 0.1) is 12.4 Å². The Bertz CT molecular complexity index is 601. The summed E-state index contributed by atoms with van der Waals surface area (Å²) in [7, 11) is 0. The lowest BCUT2D eigenvalue weighted by atomic mass is 9.99. The van der Waals surface area contributed by atoms with Crippen LogP contribution in [-0.4, -0.2) is 29.0 Å². The molecule has 0 fully saturated rings. The predicted octanol–water partition coefficient (Wildman–Crippen LogP) is 3.39. The first-order chi connectivity index (χ1) is 10.2. The first-order valence-electron chi connectivity index (χ1n) is 6.39. The molecule has 2 aromatic rings. The van der Waals surface area contributed by atoms with Crippen LogP contribution in [0.4, 0.5) is 0 Å². The van der Waals surface area contributed by atoms with Crippen molar-refractivity contribution in [3.05, 3.63) is 46.0 Å². The molecule has 0 aliphatic carbocycles. The van der Waals surface area contributed by atoms with Crippen LogP contribution in [0.15, 0.2) is 33.3 Å². The first kappa shape index (κ1) is 16.0. The van der Waals surface area contributed by atoms with Gasteiger partial charge in [-0.25, -0.2) is 0 Å². The minimum absolute atomic E-state index is 0.264. The fourth-order valence-electron chi connectivity index (χ4n) is 1.83. The molecule has 2 rings (SSSR count). The van der Waals surface area contributed by atoms with Crippen molar-refractivity contribution < 1.29 is 14.1 Å². The van der Waals surface area contributed by atoms with Gasteiger partial charge in [-0.2, -0.15) is 16.7 Å². The molecular weight excluding hydrogens is 356 g/mol. The summed E-state index contributed by atoms with van der Waals surface area (Å²) in [6, 6.07) is 7.40. The second-order valence-corrected chi connectivity index (χ2v) is 6.00. The van der Waals surface area contributed by atoms with Gasteiger partial charge in [-0.3, -0.25) is 4.79 Å². The number of nitrogens with zero attached hydrogens (tertiary/aromatic N) is 2. The molecule has 1 aromatic heterocycles. The van der Waals surface area contributed by atoms with Gasteiger partial charge in [-0.15, -0.1) is 0 Å². The number of hydrogen-bond acceptors (Lipinski definition) is 6. The van der Waals surface area contributed by atoms with Gasteiger partial charge in [0.2, 0.25) is 5.89 Å². The highest BCUT2D eigenvalue weighted by atomic mass is 79.9. The number of esters is 1. The molecule has 0 N–H and O–H groups in total. The highest BCUT2D eigenvalue weighted by molar-refractivity contribution is 9.10. The Labute approximate surface area is 135 Å². The molecule has 0 aliphatic heterocycles. The summed E-state index contributed by atoms with van der Waals surface area (Å²) in [6.45, 7) is 2.07. The topological polar surface area (TPSA) is 65.2 Å². The Kier molecular flexibility index (Phi) is 5.81. The summed E-state index contributed by atoms with van der Waals surface area (Å²) in [6.07, 6.45) is 1.95. The fraction of sp³-hybridized carbons (Fsp3) is 0.357. The molecule has 5 nitrogen and oxygen atoms in total. The summed E-state index contributed by atoms with van der Waals surface area (Å²) in [5.41, 5.74) is 0.760. The predicted molar refractivity (Wildman–Crippen MR) is 84.1 cm³/mol. The number of halogens is 1. The van der Waals surface area contributed by atoms with Crippen molar-refractivity contribution in [1.29, 1.82) is 0 Å². The summed E-state index contributed by atoms with van der Waals surface area (Å²) < 4.78 is 11.3. The monoisotopic (exact) mass is 370 g/mol. The molecule has 0 radical (unpaired) electrons. The summed E-state index contributed by atoms with van der Waals surface area (Å²) in [5, 5.41) is 3.89. The molecule has 0 spiro atoms. The zero-order valence-electron chi connectivity index (χ0n) is 11.7. The Balaban J connectivity index is 2.34. The van der Waals surface area contributed by atoms with Crippen LogP contribution in [0.3, 0.4) is 0 Å². The molecule has 112 valence electrons. The lowest BCUT2D eigenvalue weighted by molar-refractivity contribution is -0.144. The second kappa shape index (κ2) is 7.61. The van der Waals surface area contributed by atoms with Crippen LogP contribution in [0.25, 0.3) is 0 Å². The minimum atomic E-state index is -0.693. The quantitative estimate of drug-likeness (QED) is 0.726. The van der Waals surface area contributed by atoms with E-state index >= 15 is 0 Å². The summed E-state index contributed by atoms with van der Waals surface area (Å²) >= 11 is 4.96. The average molecular weight is 371 g/mol. The molecule has 0 saturated carbocycles. The molecule has 1 atom stereocenters. The van der Waals surface area contributed by atoms with E-state index in [9.17, 15) is 4.79 Å². The van der Waals surface area contributed by atoms with Crippen LogP contribution in [-0.2, 0) is 15.3 Å². The third-order valence-electron chi connectivity index (χ3n) is 2.73. The van der Waals surface area contributed by atoms with E-state index in [0.717, 1.165) is 10.0 Å². The zero-order chi connectivity index (χ0) is 15.2. The van der Waals surface area contributed by atoms with E-state index in [1.165, 1.54) is 0 Å². The van der Waals surface area contributed by atoms with Gasteiger partial charge in [0, 0.05) is 4.47 Å². The summed E-state index contributed by atoms with van der Waals surface area (Å²) in [5.74, 6) is 0.392. The first-order valence-corrected chi connectivity index (χ1v) is 8.58. The molecule has 1 aromatic carbocycles. The number of ether oxygens (including phenoxy) is 1. The fourth-order valence-corrected chi connectivity index (χ4v) is 2.47. The third-order valence-corrected chi connectivity index (χ3v) is 3.81. The van der Waals surface area contributed by atoms with Crippen LogP contribution in [0.1, 0.15) is 30.1 Å². The van der Waals surface area contributed by atoms with Gasteiger partial charge >= 0.3 is 5.97 Å². The van der Waals surface area contributed by atoms with Crippen molar-refractivity contribution in [1.82, 2.24) is 10.1 Å². The number of thioether (sulfide) groups is 1. The van der Waals surface area contributed by atoms with Gasteiger partial charge in [-0.05, 0) is 30.9 Å². The molecule has 0 bridgehead atoms. The van der Waals surface area contributed by atoms with Gasteiger partial charge in [-0.1, -0.05) is 33.2 Å². The molecular formula is C14H15BrN2O3S. The Morgan fingerprint density at radius 3 is 2.76 bits per heavy atom. The molecule has 0 aliphatic rings. The largest absolute Gasteiger partial charge is 0.465 e. The number of carbonyl (C=O) groups is 1. The van der Waals surface area contributed by atoms with Crippen LogP contribution >= 0.6 is 27.7 Å². The van der Waals surface area contributed by atoms with E-state index in [1.54, 1.807) is 18.7 Å². The number of carbonyl (C=O) groups excluding carboxylic acids is 1. The maximum absolute atomic E-state index is 12.2. The SMILES string of the molecule is CCOC(=O)C(c1ccc(Br)cc1)c1nc(CSC)no1. The molecule has 7 heteroatoms. The number of benzene rings is 1. The Morgan fingerprint density at radius 1 is 1.43 bits per heavy atom. The average Bonchev–Trinajstić information content (AvgIpc) is 2.90. The van der Waals surface area contributed by atoms with Crippen LogP contribution in [0.5, 0.6) is 0 Å². The van der Waals surface area contributed by atoms with E-state index in [1.807, 2.05) is 30.5 Å². The van der Waals surface area contributed by atoms with Crippen molar-refractivity contribution in [2.45, 2.75) is 18.6 Å². The van der Waals surface area contributed by atoms with E-state index in [-0.39, 0.29) is 11.9 Å². The third kappa shape index (κ3) is 4.07. The molecule has 21 heavy (non-hydrogen) atoms. The minimum Gasteiger partial charge on any atom is -0.465 e. The van der Waals surface area contributed by atoms with Gasteiger partial charge < -0.3 is 9.26 Å². The highest BCUT2D eigenvalue weighted by Gasteiger charge is 2.30. The van der Waals surface area contributed by atoms with E-state index in [0.29, 0.717) is 18.2 Å². The zero-order valence-corrected chi connectivity index (χ0v) is 14.1. The van der Waals surface area contributed by atoms with Gasteiger partial charge in [0.15, 0.2) is 11.7 Å². The number of hydrogen-bond donors (Lipinski definition) is 0. The van der Waals surface area contributed by atoms with Gasteiger partial charge in [0.25, 0.3) is 0 Å². The summed E-state index contributed by atoms with van der Waals surface area (Å²) in [4.78, 5) is 16.5. The number of aromatic nitrogens is 2. The number of rotatable bonds is 6. The van der Waals surface area contributed by atoms with Gasteiger partial charge in [0.1, 0.15) is 0 Å². The lowest BCUT2D eigenvalue weighted by Crippen LogP contribution is -2.17. The normalized spacial score (nSPS) is 12.1. The van der Waals surface area contributed by atoms with E-state index in [4.69, 9.17) is 9.26 Å². The van der Waals surface area contributed by atoms with Crippen molar-refractivity contribution >= 4 is 33.7 Å². The van der Waals surface area contributed by atoms with E-state index < -0.39 is 5.92 Å². The molecule has 1 unspecified atom stereocenters. The molecule has 0 amide bonds. The second-order valence-electron chi connectivity index (χ2n) is 4.22. The standard InChI is InChI=1S/C14H15BrN2O3S/c1-3-19-14(18)12(9-4-6-10(15)7-5-9)13-16-11(8-21-2)17-20-13/h4-7,12H,3,8H2,1-2H3. The maximum Gasteiger partial charge on any atom is 0.323 e. The van der Waals surface area contributed by atoms with Crippen molar-refractivity contribution in [3.8, 4) is 0 Å². The van der Waals surface area contributed by atoms with Crippen LogP contribution < -0.4 is 0 Å². The van der Waals surface area contributed by atoms with Crippen LogP contribution in [0, 0.1) is 0 Å². The maximum atomic E-state index is 12.2. The van der Waals surface area contributed by atoms with Crippen molar-refractivity contribution in [2.24, 2.45) is 0 Å². The smallest absolute Gasteiger partial charge is 0.323 e. The van der Waals surface area contributed by atoms with Crippen LogP contribution in [0.2, 0.25) is 0 Å². The highest BCUT2D eigenvalue weighted by Crippen LogP contribution is 2.26. The lowest BCUT2D eigenvalue weighted by Gasteiger charge is -2.12. The van der Waals surface area contributed by atoms with Crippen molar-refractivity contribution in [2.75, 3.05) is 12.9 Å².